The molecule has 0 aliphatic heterocycles. The van der Waals surface area contributed by atoms with E-state index in [0.717, 1.165) is 10.0 Å². The van der Waals surface area contributed by atoms with Crippen molar-refractivity contribution in [3.63, 3.8) is 0 Å². The van der Waals surface area contributed by atoms with E-state index in [1.54, 1.807) is 12.1 Å². The first kappa shape index (κ1) is 13.5. The van der Waals surface area contributed by atoms with Crippen molar-refractivity contribution in [2.75, 3.05) is 5.32 Å². The normalized spacial score (nSPS) is 10.1. The maximum Gasteiger partial charge on any atom is 0.183 e. The van der Waals surface area contributed by atoms with E-state index in [2.05, 4.69) is 21.2 Å². The summed E-state index contributed by atoms with van der Waals surface area (Å²) in [5.74, 6) is -2.20. The molecule has 1 N–H and O–H groups in total. The van der Waals surface area contributed by atoms with Crippen molar-refractivity contribution >= 4 is 27.3 Å². The van der Waals surface area contributed by atoms with Crippen LogP contribution in [0.3, 0.4) is 0 Å². The van der Waals surface area contributed by atoms with Crippen LogP contribution in [0.25, 0.3) is 0 Å². The number of benzene rings is 2. The molecule has 0 atom stereocenters. The fraction of sp³-hybridized carbons (Fsp3) is 0.0714. The van der Waals surface area contributed by atoms with Crippen LogP contribution in [0.15, 0.2) is 34.8 Å². The van der Waals surface area contributed by atoms with Gasteiger partial charge in [-0.05, 0) is 36.8 Å². The lowest BCUT2D eigenvalue weighted by Crippen LogP contribution is -2.00. The Hall–Kier alpha value is -1.93. The van der Waals surface area contributed by atoms with E-state index in [9.17, 15) is 8.78 Å². The SMILES string of the molecule is Cc1ccc(Br)cc1Nc1ccc(C#N)c(F)c1F. The van der Waals surface area contributed by atoms with Crippen molar-refractivity contribution < 1.29 is 8.78 Å². The highest BCUT2D eigenvalue weighted by Gasteiger charge is 2.13. The number of nitrogens with zero attached hydrogens (tertiary/aromatic N) is 1. The van der Waals surface area contributed by atoms with Crippen LogP contribution >= 0.6 is 15.9 Å². The van der Waals surface area contributed by atoms with Gasteiger partial charge in [-0.25, -0.2) is 8.78 Å². The molecule has 2 nitrogen and oxygen atoms in total. The number of halogens is 3. The first-order valence-electron chi connectivity index (χ1n) is 5.44. The van der Waals surface area contributed by atoms with Gasteiger partial charge < -0.3 is 5.32 Å². The van der Waals surface area contributed by atoms with Crippen LogP contribution in [0, 0.1) is 29.9 Å². The Balaban J connectivity index is 2.42. The predicted octanol–water partition coefficient (Wildman–Crippen LogP) is 4.65. The highest BCUT2D eigenvalue weighted by molar-refractivity contribution is 9.10. The third-order valence-electron chi connectivity index (χ3n) is 2.67. The van der Waals surface area contributed by atoms with Crippen LogP contribution in [0.1, 0.15) is 11.1 Å². The van der Waals surface area contributed by atoms with Crippen molar-refractivity contribution in [3.8, 4) is 6.07 Å². The van der Waals surface area contributed by atoms with E-state index in [1.165, 1.54) is 12.1 Å². The van der Waals surface area contributed by atoms with Crippen molar-refractivity contribution in [2.45, 2.75) is 6.92 Å². The molecule has 0 saturated heterocycles. The summed E-state index contributed by atoms with van der Waals surface area (Å²) in [7, 11) is 0. The van der Waals surface area contributed by atoms with Gasteiger partial charge in [0.1, 0.15) is 6.07 Å². The van der Waals surface area contributed by atoms with Gasteiger partial charge in [0, 0.05) is 10.2 Å². The molecule has 2 rings (SSSR count). The van der Waals surface area contributed by atoms with Gasteiger partial charge in [-0.2, -0.15) is 5.26 Å². The van der Waals surface area contributed by atoms with E-state index >= 15 is 0 Å². The lowest BCUT2D eigenvalue weighted by molar-refractivity contribution is 0.509. The Kier molecular flexibility index (Phi) is 3.82. The lowest BCUT2D eigenvalue weighted by Gasteiger charge is -2.11. The minimum atomic E-state index is -1.14. The third-order valence-corrected chi connectivity index (χ3v) is 3.16. The molecule has 0 fully saturated rings. The molecule has 0 aliphatic carbocycles. The maximum absolute atomic E-state index is 13.8. The first-order valence-corrected chi connectivity index (χ1v) is 6.23. The standard InChI is InChI=1S/C14H9BrF2N2/c1-8-2-4-10(15)6-12(8)19-11-5-3-9(7-18)13(16)14(11)17/h2-6,19H,1H3. The molecule has 0 spiro atoms. The van der Waals surface area contributed by atoms with E-state index in [1.807, 2.05) is 19.1 Å². The van der Waals surface area contributed by atoms with E-state index < -0.39 is 11.6 Å². The monoisotopic (exact) mass is 322 g/mol. The van der Waals surface area contributed by atoms with Crippen LogP contribution in [0.2, 0.25) is 0 Å². The molecule has 5 heteroatoms. The number of anilines is 2. The molecule has 0 heterocycles. The predicted molar refractivity (Wildman–Crippen MR) is 73.2 cm³/mol. The van der Waals surface area contributed by atoms with Crippen LogP contribution in [-0.4, -0.2) is 0 Å². The van der Waals surface area contributed by atoms with Gasteiger partial charge >= 0.3 is 0 Å². The highest BCUT2D eigenvalue weighted by Crippen LogP contribution is 2.27. The van der Waals surface area contributed by atoms with E-state index in [0.29, 0.717) is 5.69 Å². The number of hydrogen-bond donors (Lipinski definition) is 1. The van der Waals surface area contributed by atoms with Gasteiger partial charge in [0.25, 0.3) is 0 Å². The quantitative estimate of drug-likeness (QED) is 0.873. The largest absolute Gasteiger partial charge is 0.353 e. The maximum atomic E-state index is 13.8. The summed E-state index contributed by atoms with van der Waals surface area (Å²) >= 11 is 3.31. The summed E-state index contributed by atoms with van der Waals surface area (Å²) in [6, 6.07) is 9.66. The Morgan fingerprint density at radius 2 is 1.84 bits per heavy atom. The number of nitriles is 1. The molecule has 2 aromatic carbocycles. The second-order valence-electron chi connectivity index (χ2n) is 3.98. The van der Waals surface area contributed by atoms with Gasteiger partial charge in [-0.1, -0.05) is 22.0 Å². The molecule has 0 unspecified atom stereocenters. The van der Waals surface area contributed by atoms with Crippen molar-refractivity contribution in [1.82, 2.24) is 0 Å². The summed E-state index contributed by atoms with van der Waals surface area (Å²) in [6.45, 7) is 1.85. The zero-order valence-electron chi connectivity index (χ0n) is 9.97. The summed E-state index contributed by atoms with van der Waals surface area (Å²) in [5, 5.41) is 11.4. The molecule has 0 bridgehead atoms. The van der Waals surface area contributed by atoms with Gasteiger partial charge in [0.15, 0.2) is 11.6 Å². The number of nitrogens with one attached hydrogen (secondary N) is 1. The van der Waals surface area contributed by atoms with E-state index in [4.69, 9.17) is 5.26 Å². The zero-order chi connectivity index (χ0) is 14.0. The average molecular weight is 323 g/mol. The molecular formula is C14H9BrF2N2. The summed E-state index contributed by atoms with van der Waals surface area (Å²) in [5.41, 5.74) is 1.25. The molecule has 0 radical (unpaired) electrons. The molecule has 19 heavy (non-hydrogen) atoms. The smallest absolute Gasteiger partial charge is 0.183 e. The topological polar surface area (TPSA) is 35.8 Å². The molecule has 0 saturated carbocycles. The van der Waals surface area contributed by atoms with Crippen LogP contribution in [0.4, 0.5) is 20.2 Å². The van der Waals surface area contributed by atoms with Crippen LogP contribution < -0.4 is 5.32 Å². The molecule has 0 aliphatic rings. The molecule has 0 amide bonds. The minimum Gasteiger partial charge on any atom is -0.353 e. The van der Waals surface area contributed by atoms with Gasteiger partial charge in [0.2, 0.25) is 0 Å². The fourth-order valence-corrected chi connectivity index (χ4v) is 1.97. The Bertz CT molecular complexity index is 678. The Labute approximate surface area is 117 Å². The van der Waals surface area contributed by atoms with Gasteiger partial charge in [0.05, 0.1) is 11.3 Å². The van der Waals surface area contributed by atoms with Crippen molar-refractivity contribution in [1.29, 1.82) is 5.26 Å². The average Bonchev–Trinajstić information content (AvgIpc) is 2.39. The third kappa shape index (κ3) is 2.74. The lowest BCUT2D eigenvalue weighted by atomic mass is 10.1. The second-order valence-corrected chi connectivity index (χ2v) is 4.90. The van der Waals surface area contributed by atoms with Crippen LogP contribution in [-0.2, 0) is 0 Å². The molecular weight excluding hydrogens is 314 g/mol. The first-order chi connectivity index (χ1) is 9.02. The summed E-state index contributed by atoms with van der Waals surface area (Å²) in [6.07, 6.45) is 0. The van der Waals surface area contributed by atoms with E-state index in [-0.39, 0.29) is 11.3 Å². The minimum absolute atomic E-state index is 0.00213. The second kappa shape index (κ2) is 5.37. The summed E-state index contributed by atoms with van der Waals surface area (Å²) < 4.78 is 28.1. The zero-order valence-corrected chi connectivity index (χ0v) is 11.6. The number of aryl methyl sites for hydroxylation is 1. The Morgan fingerprint density at radius 1 is 1.11 bits per heavy atom. The number of rotatable bonds is 2. The van der Waals surface area contributed by atoms with Crippen LogP contribution in [0.5, 0.6) is 0 Å². The Morgan fingerprint density at radius 3 is 2.53 bits per heavy atom. The molecule has 0 aromatic heterocycles. The van der Waals surface area contributed by atoms with Crippen molar-refractivity contribution in [2.24, 2.45) is 0 Å². The number of hydrogen-bond acceptors (Lipinski definition) is 2. The van der Waals surface area contributed by atoms with Gasteiger partial charge in [-0.3, -0.25) is 0 Å². The van der Waals surface area contributed by atoms with Gasteiger partial charge in [-0.15, -0.1) is 0 Å². The molecule has 2 aromatic rings. The van der Waals surface area contributed by atoms with Crippen molar-refractivity contribution in [3.05, 3.63) is 57.6 Å². The fourth-order valence-electron chi connectivity index (χ4n) is 1.61. The highest BCUT2D eigenvalue weighted by atomic mass is 79.9. The summed E-state index contributed by atoms with van der Waals surface area (Å²) in [4.78, 5) is 0. The molecule has 96 valence electrons.